The van der Waals surface area contributed by atoms with E-state index in [0.717, 1.165) is 42.5 Å². The number of benzene rings is 1. The number of allylic oxidation sites excluding steroid dienone is 1. The van der Waals surface area contributed by atoms with E-state index in [1.54, 1.807) is 19.4 Å². The molecule has 0 aromatic heterocycles. The van der Waals surface area contributed by atoms with Gasteiger partial charge in [0.1, 0.15) is 11.9 Å². The molecule has 6 rings (SSSR count). The Kier molecular flexibility index (Phi) is 6.97. The van der Waals surface area contributed by atoms with Crippen molar-refractivity contribution < 1.29 is 14.3 Å². The van der Waals surface area contributed by atoms with Crippen molar-refractivity contribution >= 4 is 17.9 Å². The fourth-order valence-electron chi connectivity index (χ4n) is 5.69. The number of rotatable bonds is 9. The number of hydrogen-bond acceptors (Lipinski definition) is 8. The second-order valence-corrected chi connectivity index (χ2v) is 9.52. The highest BCUT2D eigenvalue weighted by Gasteiger charge is 2.43. The lowest BCUT2D eigenvalue weighted by Gasteiger charge is -2.45. The lowest BCUT2D eigenvalue weighted by molar-refractivity contribution is -0.139. The molecule has 2 bridgehead atoms. The predicted molar refractivity (Wildman–Crippen MR) is 132 cm³/mol. The summed E-state index contributed by atoms with van der Waals surface area (Å²) in [6.07, 6.45) is 6.67. The van der Waals surface area contributed by atoms with Crippen LogP contribution < -0.4 is 10.1 Å². The maximum atomic E-state index is 12.8. The fraction of sp³-hybridized carbons (Fsp3) is 0.577. The zero-order chi connectivity index (χ0) is 23.5. The molecule has 0 amide bonds. The van der Waals surface area contributed by atoms with Gasteiger partial charge in [-0.15, -0.1) is 0 Å². The maximum Gasteiger partial charge on any atom is 0.334 e. The Morgan fingerprint density at radius 3 is 2.68 bits per heavy atom. The highest BCUT2D eigenvalue weighted by atomic mass is 16.5. The smallest absolute Gasteiger partial charge is 0.334 e. The average molecular weight is 466 g/mol. The van der Waals surface area contributed by atoms with Gasteiger partial charge in [-0.1, -0.05) is 12.1 Å². The van der Waals surface area contributed by atoms with Crippen molar-refractivity contribution in [2.75, 3.05) is 39.9 Å². The Hall–Kier alpha value is -2.71. The van der Waals surface area contributed by atoms with E-state index in [-0.39, 0.29) is 18.1 Å². The van der Waals surface area contributed by atoms with E-state index in [2.05, 4.69) is 10.2 Å². The summed E-state index contributed by atoms with van der Waals surface area (Å²) in [7, 11) is 1.67. The molecule has 0 radical (unpaired) electrons. The van der Waals surface area contributed by atoms with Crippen LogP contribution in [0.5, 0.6) is 5.75 Å². The molecular weight excluding hydrogens is 430 g/mol. The molecule has 3 fully saturated rings. The van der Waals surface area contributed by atoms with Gasteiger partial charge in [0, 0.05) is 31.8 Å². The maximum absolute atomic E-state index is 12.8. The Morgan fingerprint density at radius 2 is 2.00 bits per heavy atom. The second kappa shape index (κ2) is 10.3. The first kappa shape index (κ1) is 23.1. The summed E-state index contributed by atoms with van der Waals surface area (Å²) in [5, 5.41) is 10.8. The van der Waals surface area contributed by atoms with Gasteiger partial charge in [-0.25, -0.2) is 4.79 Å². The van der Waals surface area contributed by atoms with Gasteiger partial charge in [-0.3, -0.25) is 10.0 Å². The molecule has 8 heteroatoms. The van der Waals surface area contributed by atoms with Crippen molar-refractivity contribution in [2.24, 2.45) is 21.9 Å². The second-order valence-electron chi connectivity index (χ2n) is 9.52. The van der Waals surface area contributed by atoms with Gasteiger partial charge < -0.3 is 19.7 Å². The van der Waals surface area contributed by atoms with Crippen LogP contribution in [0, 0.1) is 11.8 Å². The number of methoxy groups -OCH3 is 1. The third-order valence-corrected chi connectivity index (χ3v) is 7.51. The van der Waals surface area contributed by atoms with Crippen LogP contribution in [0.3, 0.4) is 0 Å². The number of piperidine rings is 3. The SMILES string of the molecule is CCOC(=O)C1=CC=NC2C1C(CCN[C@H]1CN3CCC1CC3)=NN2Cc1ccc(OC)cc1. The highest BCUT2D eigenvalue weighted by molar-refractivity contribution is 6.04. The van der Waals surface area contributed by atoms with E-state index in [9.17, 15) is 4.79 Å². The van der Waals surface area contributed by atoms with E-state index in [1.165, 1.54) is 25.9 Å². The van der Waals surface area contributed by atoms with Crippen molar-refractivity contribution in [3.8, 4) is 5.75 Å². The molecule has 3 saturated heterocycles. The lowest BCUT2D eigenvalue weighted by Crippen LogP contribution is -2.56. The Bertz CT molecular complexity index is 965. The van der Waals surface area contributed by atoms with Crippen molar-refractivity contribution in [1.29, 1.82) is 0 Å². The van der Waals surface area contributed by atoms with Gasteiger partial charge in [0.25, 0.3) is 0 Å². The third kappa shape index (κ3) is 4.74. The van der Waals surface area contributed by atoms with Gasteiger partial charge in [-0.05, 0) is 62.5 Å². The molecule has 182 valence electrons. The van der Waals surface area contributed by atoms with Gasteiger partial charge in [0.2, 0.25) is 0 Å². The molecule has 2 unspecified atom stereocenters. The van der Waals surface area contributed by atoms with Crippen LogP contribution in [0.25, 0.3) is 0 Å². The molecule has 1 N–H and O–H groups in total. The number of carbonyl (C=O) groups excluding carboxylic acids is 1. The topological polar surface area (TPSA) is 78.8 Å². The summed E-state index contributed by atoms with van der Waals surface area (Å²) in [4.78, 5) is 20.1. The first-order valence-corrected chi connectivity index (χ1v) is 12.5. The summed E-state index contributed by atoms with van der Waals surface area (Å²) in [6, 6.07) is 8.56. The van der Waals surface area contributed by atoms with Crippen LogP contribution >= 0.6 is 0 Å². The van der Waals surface area contributed by atoms with E-state index in [4.69, 9.17) is 19.6 Å². The molecule has 0 saturated carbocycles. The molecule has 0 aliphatic carbocycles. The number of nitrogens with zero attached hydrogens (tertiary/aromatic N) is 4. The number of hydrogen-bond donors (Lipinski definition) is 1. The molecule has 8 nitrogen and oxygen atoms in total. The largest absolute Gasteiger partial charge is 0.497 e. The minimum atomic E-state index is -0.270. The van der Waals surface area contributed by atoms with Gasteiger partial charge in [-0.2, -0.15) is 5.10 Å². The molecule has 1 aromatic carbocycles. The van der Waals surface area contributed by atoms with Crippen LogP contribution in [0.2, 0.25) is 0 Å². The first-order valence-electron chi connectivity index (χ1n) is 12.5. The summed E-state index contributed by atoms with van der Waals surface area (Å²) in [6.45, 7) is 7.29. The standard InChI is InChI=1S/C26H35N5O3/c1-3-34-26(32)21-8-12-28-25-24(21)22(9-13-27-23-17-30-14-10-19(23)11-15-30)29-31(25)16-18-4-6-20(33-2)7-5-18/h4-8,12,19,23-25,27H,3,9-11,13-17H2,1-2H3/t23-,24?,25?/m0/s1. The zero-order valence-corrected chi connectivity index (χ0v) is 20.2. The normalized spacial score (nSPS) is 29.5. The molecule has 5 aliphatic heterocycles. The monoisotopic (exact) mass is 465 g/mol. The number of dihydropyridines is 1. The third-order valence-electron chi connectivity index (χ3n) is 7.51. The van der Waals surface area contributed by atoms with Gasteiger partial charge in [0.15, 0.2) is 0 Å². The molecule has 5 aliphatic rings. The number of carbonyl (C=O) groups is 1. The number of nitrogens with one attached hydrogen (secondary N) is 1. The van der Waals surface area contributed by atoms with Gasteiger partial charge in [0.05, 0.1) is 37.5 Å². The number of esters is 1. The summed E-state index contributed by atoms with van der Waals surface area (Å²) in [5.74, 6) is 1.17. The summed E-state index contributed by atoms with van der Waals surface area (Å²) >= 11 is 0. The van der Waals surface area contributed by atoms with Crippen LogP contribution in [-0.4, -0.2) is 79.9 Å². The Morgan fingerprint density at radius 1 is 1.21 bits per heavy atom. The molecule has 1 aromatic rings. The lowest BCUT2D eigenvalue weighted by atomic mass is 9.84. The minimum absolute atomic E-state index is 0.171. The molecule has 0 spiro atoms. The highest BCUT2D eigenvalue weighted by Crippen LogP contribution is 2.35. The van der Waals surface area contributed by atoms with Crippen LogP contribution in [-0.2, 0) is 16.1 Å². The Balaban J connectivity index is 1.30. The van der Waals surface area contributed by atoms with Crippen molar-refractivity contribution in [3.63, 3.8) is 0 Å². The van der Waals surface area contributed by atoms with E-state index in [0.29, 0.717) is 24.8 Å². The predicted octanol–water partition coefficient (Wildman–Crippen LogP) is 2.46. The number of ether oxygens (including phenoxy) is 2. The minimum Gasteiger partial charge on any atom is -0.497 e. The Labute approximate surface area is 201 Å². The number of fused-ring (bicyclic) bond motifs is 4. The van der Waals surface area contributed by atoms with E-state index < -0.39 is 0 Å². The summed E-state index contributed by atoms with van der Waals surface area (Å²) in [5.41, 5.74) is 2.78. The van der Waals surface area contributed by atoms with Crippen molar-refractivity contribution in [3.05, 3.63) is 41.5 Å². The van der Waals surface area contributed by atoms with E-state index >= 15 is 0 Å². The van der Waals surface area contributed by atoms with Crippen molar-refractivity contribution in [1.82, 2.24) is 15.2 Å². The van der Waals surface area contributed by atoms with Crippen LogP contribution in [0.1, 0.15) is 31.7 Å². The van der Waals surface area contributed by atoms with E-state index in [1.807, 2.05) is 36.2 Å². The molecule has 3 atom stereocenters. The van der Waals surface area contributed by atoms with Crippen molar-refractivity contribution in [2.45, 2.75) is 44.9 Å². The summed E-state index contributed by atoms with van der Waals surface area (Å²) < 4.78 is 10.7. The zero-order valence-electron chi connectivity index (χ0n) is 20.2. The molecule has 5 heterocycles. The number of aliphatic imine (C=N–C) groups is 1. The molecule has 34 heavy (non-hydrogen) atoms. The van der Waals surface area contributed by atoms with Gasteiger partial charge >= 0.3 is 5.97 Å². The average Bonchev–Trinajstić information content (AvgIpc) is 3.23. The van der Waals surface area contributed by atoms with Crippen LogP contribution in [0.15, 0.2) is 46.0 Å². The first-order chi connectivity index (χ1) is 16.7. The number of hydrazone groups is 1. The van der Waals surface area contributed by atoms with Crippen LogP contribution in [0.4, 0.5) is 0 Å². The molecular formula is C26H35N5O3. The quantitative estimate of drug-likeness (QED) is 0.565. The fourth-order valence-corrected chi connectivity index (χ4v) is 5.69.